The van der Waals surface area contributed by atoms with Crippen molar-refractivity contribution in [1.29, 1.82) is 0 Å². The van der Waals surface area contributed by atoms with Gasteiger partial charge < -0.3 is 9.47 Å². The van der Waals surface area contributed by atoms with Crippen LogP contribution in [0.15, 0.2) is 12.2 Å². The van der Waals surface area contributed by atoms with Crippen LogP contribution in [0, 0.1) is 5.41 Å². The van der Waals surface area contributed by atoms with Crippen molar-refractivity contribution in [2.75, 3.05) is 20.3 Å². The van der Waals surface area contributed by atoms with Crippen LogP contribution in [0.25, 0.3) is 0 Å². The van der Waals surface area contributed by atoms with Crippen LogP contribution in [0.3, 0.4) is 0 Å². The monoisotopic (exact) mass is 198 g/mol. The first kappa shape index (κ1) is 11.2. The third-order valence-corrected chi connectivity index (χ3v) is 2.66. The molecule has 0 spiro atoms. The summed E-state index contributed by atoms with van der Waals surface area (Å²) in [5.41, 5.74) is 0.712. The van der Waals surface area contributed by atoms with Gasteiger partial charge in [0.2, 0.25) is 0 Å². The lowest BCUT2D eigenvalue weighted by Crippen LogP contribution is -2.43. The van der Waals surface area contributed by atoms with E-state index in [1.807, 2.05) is 0 Å². The predicted molar refractivity (Wildman–Crippen MR) is 53.9 cm³/mol. The molecule has 1 aliphatic rings. The Morgan fingerprint density at radius 1 is 1.57 bits per heavy atom. The van der Waals surface area contributed by atoms with Crippen LogP contribution < -0.4 is 0 Å². The average Bonchev–Trinajstić information content (AvgIpc) is 2.13. The molecule has 3 nitrogen and oxygen atoms in total. The molecule has 1 saturated heterocycles. The second-order valence-electron chi connectivity index (χ2n) is 4.01. The van der Waals surface area contributed by atoms with Gasteiger partial charge in [-0.2, -0.15) is 0 Å². The van der Waals surface area contributed by atoms with Gasteiger partial charge in [0.05, 0.1) is 20.3 Å². The van der Waals surface area contributed by atoms with Crippen molar-refractivity contribution < 1.29 is 14.3 Å². The number of carbonyl (C=O) groups excluding carboxylic acids is 1. The van der Waals surface area contributed by atoms with Gasteiger partial charge in [0.25, 0.3) is 0 Å². The highest BCUT2D eigenvalue weighted by molar-refractivity contribution is 5.87. The molecule has 80 valence electrons. The standard InChI is InChI=1S/C11H18O3/c1-4-5-11(7-14-8-11)6-9(2)10(12)13-3/h2,4-8H2,1,3H3. The number of esters is 1. The highest BCUT2D eigenvalue weighted by Crippen LogP contribution is 2.38. The van der Waals surface area contributed by atoms with Crippen molar-refractivity contribution in [3.05, 3.63) is 12.2 Å². The van der Waals surface area contributed by atoms with Crippen LogP contribution in [-0.2, 0) is 14.3 Å². The number of rotatable bonds is 5. The first-order chi connectivity index (χ1) is 6.63. The van der Waals surface area contributed by atoms with Crippen LogP contribution in [0.5, 0.6) is 0 Å². The fourth-order valence-corrected chi connectivity index (χ4v) is 1.93. The molecule has 14 heavy (non-hydrogen) atoms. The molecular weight excluding hydrogens is 180 g/mol. The number of ether oxygens (including phenoxy) is 2. The Balaban J connectivity index is 2.48. The minimum absolute atomic E-state index is 0.153. The van der Waals surface area contributed by atoms with Gasteiger partial charge in [-0.15, -0.1) is 0 Å². The van der Waals surface area contributed by atoms with Crippen molar-refractivity contribution in [3.8, 4) is 0 Å². The van der Waals surface area contributed by atoms with Gasteiger partial charge in [-0.25, -0.2) is 4.79 Å². The van der Waals surface area contributed by atoms with E-state index in [1.165, 1.54) is 7.11 Å². The van der Waals surface area contributed by atoms with Gasteiger partial charge in [0.1, 0.15) is 0 Å². The fraction of sp³-hybridized carbons (Fsp3) is 0.727. The third-order valence-electron chi connectivity index (χ3n) is 2.66. The Morgan fingerprint density at radius 2 is 2.21 bits per heavy atom. The SMILES string of the molecule is C=C(CC1(CCC)COC1)C(=O)OC. The lowest BCUT2D eigenvalue weighted by Gasteiger charge is -2.41. The van der Waals surface area contributed by atoms with E-state index in [2.05, 4.69) is 18.2 Å². The molecule has 3 heteroatoms. The third kappa shape index (κ3) is 2.35. The summed E-state index contributed by atoms with van der Waals surface area (Å²) < 4.78 is 9.84. The molecule has 0 aromatic carbocycles. The molecule has 0 bridgehead atoms. The Hall–Kier alpha value is -0.830. The maximum Gasteiger partial charge on any atom is 0.333 e. The van der Waals surface area contributed by atoms with Crippen LogP contribution in [-0.4, -0.2) is 26.3 Å². The Morgan fingerprint density at radius 3 is 2.57 bits per heavy atom. The zero-order valence-electron chi connectivity index (χ0n) is 8.97. The maximum atomic E-state index is 11.2. The van der Waals surface area contributed by atoms with E-state index in [9.17, 15) is 4.79 Å². The molecule has 1 rings (SSSR count). The zero-order valence-corrected chi connectivity index (χ0v) is 8.97. The molecular formula is C11H18O3. The summed E-state index contributed by atoms with van der Waals surface area (Å²) in [6.07, 6.45) is 2.90. The molecule has 0 aromatic rings. The average molecular weight is 198 g/mol. The minimum Gasteiger partial charge on any atom is -0.466 e. The quantitative estimate of drug-likeness (QED) is 0.500. The van der Waals surface area contributed by atoms with E-state index in [0.29, 0.717) is 12.0 Å². The summed E-state index contributed by atoms with van der Waals surface area (Å²) in [4.78, 5) is 11.2. The molecule has 0 aliphatic carbocycles. The fourth-order valence-electron chi connectivity index (χ4n) is 1.93. The highest BCUT2D eigenvalue weighted by Gasteiger charge is 2.38. The van der Waals surface area contributed by atoms with Gasteiger partial charge >= 0.3 is 5.97 Å². The molecule has 1 aliphatic heterocycles. The largest absolute Gasteiger partial charge is 0.466 e. The highest BCUT2D eigenvalue weighted by atomic mass is 16.5. The second kappa shape index (κ2) is 4.60. The molecule has 1 fully saturated rings. The maximum absolute atomic E-state index is 11.2. The van der Waals surface area contributed by atoms with E-state index in [0.717, 1.165) is 26.1 Å². The molecule has 1 heterocycles. The molecule has 0 atom stereocenters. The van der Waals surface area contributed by atoms with Crippen molar-refractivity contribution in [3.63, 3.8) is 0 Å². The van der Waals surface area contributed by atoms with E-state index in [4.69, 9.17) is 4.74 Å². The smallest absolute Gasteiger partial charge is 0.333 e. The van der Waals surface area contributed by atoms with Gasteiger partial charge in [-0.3, -0.25) is 0 Å². The molecule has 0 aromatic heterocycles. The van der Waals surface area contributed by atoms with Gasteiger partial charge in [0, 0.05) is 11.0 Å². The van der Waals surface area contributed by atoms with Crippen molar-refractivity contribution >= 4 is 5.97 Å². The van der Waals surface area contributed by atoms with Crippen LogP contribution in [0.4, 0.5) is 0 Å². The summed E-state index contributed by atoms with van der Waals surface area (Å²) in [6.45, 7) is 7.38. The zero-order chi connectivity index (χ0) is 10.6. The Labute approximate surface area is 85.1 Å². The van der Waals surface area contributed by atoms with E-state index >= 15 is 0 Å². The minimum atomic E-state index is -0.299. The van der Waals surface area contributed by atoms with Gasteiger partial charge in [-0.05, 0) is 12.8 Å². The topological polar surface area (TPSA) is 35.5 Å². The second-order valence-corrected chi connectivity index (χ2v) is 4.01. The summed E-state index contributed by atoms with van der Waals surface area (Å²) in [6, 6.07) is 0. The van der Waals surface area contributed by atoms with E-state index < -0.39 is 0 Å². The van der Waals surface area contributed by atoms with Gasteiger partial charge in [-0.1, -0.05) is 19.9 Å². The van der Waals surface area contributed by atoms with E-state index in [-0.39, 0.29) is 11.4 Å². The van der Waals surface area contributed by atoms with Crippen LogP contribution in [0.2, 0.25) is 0 Å². The van der Waals surface area contributed by atoms with E-state index in [1.54, 1.807) is 0 Å². The molecule has 0 saturated carbocycles. The Kier molecular flexibility index (Phi) is 3.69. The number of carbonyl (C=O) groups is 1. The van der Waals surface area contributed by atoms with Gasteiger partial charge in [0.15, 0.2) is 0 Å². The summed E-state index contributed by atoms with van der Waals surface area (Å²) in [7, 11) is 1.39. The molecule has 0 amide bonds. The lowest BCUT2D eigenvalue weighted by atomic mass is 9.76. The van der Waals surface area contributed by atoms with Crippen molar-refractivity contribution in [1.82, 2.24) is 0 Å². The first-order valence-electron chi connectivity index (χ1n) is 4.97. The summed E-state index contributed by atoms with van der Waals surface area (Å²) in [5.74, 6) is -0.299. The number of hydrogen-bond donors (Lipinski definition) is 0. The molecule has 0 unspecified atom stereocenters. The predicted octanol–water partition coefficient (Wildman–Crippen LogP) is 1.92. The summed E-state index contributed by atoms with van der Waals surface area (Å²) in [5, 5.41) is 0. The Bertz CT molecular complexity index is 229. The van der Waals surface area contributed by atoms with Crippen molar-refractivity contribution in [2.24, 2.45) is 5.41 Å². The van der Waals surface area contributed by atoms with Crippen molar-refractivity contribution in [2.45, 2.75) is 26.2 Å². The molecule has 0 radical (unpaired) electrons. The first-order valence-corrected chi connectivity index (χ1v) is 4.97. The number of methoxy groups -OCH3 is 1. The lowest BCUT2D eigenvalue weighted by molar-refractivity contribution is -0.140. The molecule has 0 N–H and O–H groups in total. The van der Waals surface area contributed by atoms with Crippen LogP contribution >= 0.6 is 0 Å². The van der Waals surface area contributed by atoms with Crippen LogP contribution in [0.1, 0.15) is 26.2 Å². The number of hydrogen-bond acceptors (Lipinski definition) is 3. The summed E-state index contributed by atoms with van der Waals surface area (Å²) >= 11 is 0. The normalized spacial score (nSPS) is 18.4.